The topological polar surface area (TPSA) is 77.6 Å². The zero-order valence-electron chi connectivity index (χ0n) is 12.1. The fraction of sp³-hybridized carbons (Fsp3) is 0.562. The van der Waals surface area contributed by atoms with Crippen molar-refractivity contribution in [2.75, 3.05) is 19.8 Å². The molecule has 0 bridgehead atoms. The van der Waals surface area contributed by atoms with Crippen LogP contribution in [-0.4, -0.2) is 37.4 Å². The van der Waals surface area contributed by atoms with Crippen molar-refractivity contribution < 1.29 is 14.2 Å². The fourth-order valence-electron chi connectivity index (χ4n) is 3.04. The lowest BCUT2D eigenvalue weighted by Crippen LogP contribution is -2.44. The van der Waals surface area contributed by atoms with Crippen LogP contribution < -0.4 is 10.5 Å². The van der Waals surface area contributed by atoms with Crippen LogP contribution in [0.15, 0.2) is 24.3 Å². The third-order valence-corrected chi connectivity index (χ3v) is 4.14. The smallest absolute Gasteiger partial charge is 0.119 e. The molecule has 114 valence electrons. The van der Waals surface area contributed by atoms with Crippen LogP contribution in [0.25, 0.3) is 0 Å². The van der Waals surface area contributed by atoms with E-state index in [0.29, 0.717) is 13.0 Å². The summed E-state index contributed by atoms with van der Waals surface area (Å²) in [5.74, 6) is 1.04. The molecule has 2 fully saturated rings. The van der Waals surface area contributed by atoms with Crippen LogP contribution in [0.2, 0.25) is 0 Å². The van der Waals surface area contributed by atoms with Gasteiger partial charge in [0.25, 0.3) is 0 Å². The molecule has 1 aromatic rings. The normalized spacial score (nSPS) is 28.7. The van der Waals surface area contributed by atoms with Crippen molar-refractivity contribution in [3.05, 3.63) is 29.8 Å². The van der Waals surface area contributed by atoms with Gasteiger partial charge in [-0.25, -0.2) is 0 Å². The van der Waals surface area contributed by atoms with E-state index in [-0.39, 0.29) is 17.5 Å². The van der Waals surface area contributed by atoms with E-state index < -0.39 is 0 Å². The summed E-state index contributed by atoms with van der Waals surface area (Å²) < 4.78 is 17.5. The van der Waals surface area contributed by atoms with Gasteiger partial charge in [0, 0.05) is 32.3 Å². The average Bonchev–Trinajstić information content (AvgIpc) is 2.88. The Morgan fingerprint density at radius 2 is 2.14 bits per heavy atom. The van der Waals surface area contributed by atoms with Gasteiger partial charge in [0.1, 0.15) is 11.9 Å². The molecule has 3 rings (SSSR count). The van der Waals surface area contributed by atoms with Crippen LogP contribution in [0.3, 0.4) is 0 Å². The van der Waals surface area contributed by atoms with Gasteiger partial charge in [-0.1, -0.05) is 12.1 Å². The van der Waals surface area contributed by atoms with E-state index in [1.807, 2.05) is 24.3 Å². The van der Waals surface area contributed by atoms with Crippen LogP contribution in [0.4, 0.5) is 0 Å². The second-order valence-electron chi connectivity index (χ2n) is 5.91. The highest BCUT2D eigenvalue weighted by atomic mass is 16.6. The molecule has 2 heterocycles. The SMILES string of the molecule is N=C(N)Cc1ccc(OC2CCOC3(CCOC3)C2)cc1. The van der Waals surface area contributed by atoms with Gasteiger partial charge in [-0.3, -0.25) is 5.41 Å². The number of nitrogens with two attached hydrogens (primary N) is 1. The van der Waals surface area contributed by atoms with Crippen molar-refractivity contribution in [2.24, 2.45) is 5.73 Å². The summed E-state index contributed by atoms with van der Waals surface area (Å²) in [5.41, 5.74) is 6.31. The number of amidine groups is 1. The van der Waals surface area contributed by atoms with Crippen molar-refractivity contribution in [1.82, 2.24) is 0 Å². The van der Waals surface area contributed by atoms with Gasteiger partial charge in [-0.2, -0.15) is 0 Å². The molecule has 2 unspecified atom stereocenters. The van der Waals surface area contributed by atoms with Gasteiger partial charge >= 0.3 is 0 Å². The molecular weight excluding hydrogens is 268 g/mol. The van der Waals surface area contributed by atoms with Gasteiger partial charge in [0.05, 0.1) is 24.7 Å². The summed E-state index contributed by atoms with van der Waals surface area (Å²) in [7, 11) is 0. The Morgan fingerprint density at radius 3 is 2.81 bits per heavy atom. The predicted octanol–water partition coefficient (Wildman–Crippen LogP) is 1.88. The van der Waals surface area contributed by atoms with Crippen molar-refractivity contribution in [3.63, 3.8) is 0 Å². The number of hydrogen-bond acceptors (Lipinski definition) is 4. The van der Waals surface area contributed by atoms with E-state index >= 15 is 0 Å². The second-order valence-corrected chi connectivity index (χ2v) is 5.91. The first-order valence-electron chi connectivity index (χ1n) is 7.45. The molecule has 0 aromatic heterocycles. The summed E-state index contributed by atoms with van der Waals surface area (Å²) in [5, 5.41) is 7.30. The summed E-state index contributed by atoms with van der Waals surface area (Å²) in [6, 6.07) is 7.83. The highest BCUT2D eigenvalue weighted by Crippen LogP contribution is 2.34. The van der Waals surface area contributed by atoms with Gasteiger partial charge in [0.15, 0.2) is 0 Å². The Bertz CT molecular complexity index is 495. The molecule has 0 saturated carbocycles. The zero-order valence-corrected chi connectivity index (χ0v) is 12.1. The van der Waals surface area contributed by atoms with Crippen LogP contribution in [-0.2, 0) is 15.9 Å². The lowest BCUT2D eigenvalue weighted by molar-refractivity contribution is -0.112. The molecule has 0 radical (unpaired) electrons. The molecule has 5 nitrogen and oxygen atoms in total. The Morgan fingerprint density at radius 1 is 1.33 bits per heavy atom. The molecule has 1 spiro atoms. The largest absolute Gasteiger partial charge is 0.490 e. The lowest BCUT2D eigenvalue weighted by atomic mass is 9.91. The Labute approximate surface area is 124 Å². The van der Waals surface area contributed by atoms with Crippen LogP contribution >= 0.6 is 0 Å². The molecule has 2 aliphatic rings. The average molecular weight is 290 g/mol. The van der Waals surface area contributed by atoms with E-state index in [1.54, 1.807) is 0 Å². The second kappa shape index (κ2) is 6.03. The maximum Gasteiger partial charge on any atom is 0.119 e. The van der Waals surface area contributed by atoms with E-state index in [1.165, 1.54) is 0 Å². The maximum atomic E-state index is 7.30. The molecule has 0 amide bonds. The molecule has 0 aliphatic carbocycles. The number of hydrogen-bond donors (Lipinski definition) is 2. The quantitative estimate of drug-likeness (QED) is 0.655. The maximum absolute atomic E-state index is 7.30. The fourth-order valence-corrected chi connectivity index (χ4v) is 3.04. The van der Waals surface area contributed by atoms with E-state index in [0.717, 1.165) is 43.8 Å². The number of nitrogens with one attached hydrogen (secondary N) is 1. The predicted molar refractivity (Wildman–Crippen MR) is 79.8 cm³/mol. The standard InChI is InChI=1S/C16H22N2O3/c17-15(18)9-12-1-3-13(4-2-12)21-14-5-7-20-16(10-14)6-8-19-11-16/h1-4,14H,5-11H2,(H3,17,18). The molecule has 21 heavy (non-hydrogen) atoms. The third kappa shape index (κ3) is 3.54. The molecule has 2 saturated heterocycles. The van der Waals surface area contributed by atoms with Crippen LogP contribution in [0, 0.1) is 5.41 Å². The molecule has 5 heteroatoms. The number of benzene rings is 1. The molecule has 2 aliphatic heterocycles. The molecule has 3 N–H and O–H groups in total. The van der Waals surface area contributed by atoms with Gasteiger partial charge < -0.3 is 19.9 Å². The Kier molecular flexibility index (Phi) is 4.12. The molecule has 2 atom stereocenters. The first kappa shape index (κ1) is 14.4. The Balaban J connectivity index is 1.59. The van der Waals surface area contributed by atoms with Crippen molar-refractivity contribution in [2.45, 2.75) is 37.4 Å². The molecular formula is C16H22N2O3. The van der Waals surface area contributed by atoms with E-state index in [4.69, 9.17) is 25.4 Å². The zero-order chi connectivity index (χ0) is 14.7. The van der Waals surface area contributed by atoms with Crippen molar-refractivity contribution in [1.29, 1.82) is 5.41 Å². The van der Waals surface area contributed by atoms with Crippen LogP contribution in [0.1, 0.15) is 24.8 Å². The van der Waals surface area contributed by atoms with Gasteiger partial charge in [-0.05, 0) is 17.7 Å². The van der Waals surface area contributed by atoms with Crippen LogP contribution in [0.5, 0.6) is 5.75 Å². The monoisotopic (exact) mass is 290 g/mol. The summed E-state index contributed by atoms with van der Waals surface area (Å²) in [6.45, 7) is 2.20. The first-order chi connectivity index (χ1) is 10.2. The summed E-state index contributed by atoms with van der Waals surface area (Å²) in [6.07, 6.45) is 3.43. The minimum Gasteiger partial charge on any atom is -0.490 e. The van der Waals surface area contributed by atoms with Gasteiger partial charge in [0.2, 0.25) is 0 Å². The molecule has 1 aromatic carbocycles. The highest BCUT2D eigenvalue weighted by molar-refractivity contribution is 5.79. The minimum absolute atomic E-state index is 0.127. The Hall–Kier alpha value is -1.59. The minimum atomic E-state index is -0.127. The number of ether oxygens (including phenoxy) is 3. The van der Waals surface area contributed by atoms with Crippen molar-refractivity contribution >= 4 is 5.84 Å². The lowest BCUT2D eigenvalue weighted by Gasteiger charge is -2.37. The third-order valence-electron chi connectivity index (χ3n) is 4.14. The van der Waals surface area contributed by atoms with Crippen molar-refractivity contribution in [3.8, 4) is 5.75 Å². The van der Waals surface area contributed by atoms with E-state index in [2.05, 4.69) is 0 Å². The summed E-state index contributed by atoms with van der Waals surface area (Å²) in [4.78, 5) is 0. The van der Waals surface area contributed by atoms with E-state index in [9.17, 15) is 0 Å². The highest BCUT2D eigenvalue weighted by Gasteiger charge is 2.41. The van der Waals surface area contributed by atoms with Gasteiger partial charge in [-0.15, -0.1) is 0 Å². The summed E-state index contributed by atoms with van der Waals surface area (Å²) >= 11 is 0. The first-order valence-corrected chi connectivity index (χ1v) is 7.45. The number of rotatable bonds is 4.